The Morgan fingerprint density at radius 2 is 2.10 bits per heavy atom. The molecule has 2 atom stereocenters. The number of carbonyl (C=O) groups is 1. The lowest BCUT2D eigenvalue weighted by Gasteiger charge is -2.28. The van der Waals surface area contributed by atoms with Crippen LogP contribution in [0.1, 0.15) is 56.3 Å². The summed E-state index contributed by atoms with van der Waals surface area (Å²) >= 11 is 0. The van der Waals surface area contributed by atoms with Gasteiger partial charge in [0.05, 0.1) is 12.6 Å². The van der Waals surface area contributed by atoms with Gasteiger partial charge in [0.25, 0.3) is 0 Å². The third-order valence-electron chi connectivity index (χ3n) is 4.44. The smallest absolute Gasteiger partial charge is 0.223 e. The summed E-state index contributed by atoms with van der Waals surface area (Å²) < 4.78 is 5.71. The van der Waals surface area contributed by atoms with Crippen LogP contribution in [0.3, 0.4) is 0 Å². The maximum absolute atomic E-state index is 12.0. The molecule has 3 rings (SSSR count). The summed E-state index contributed by atoms with van der Waals surface area (Å²) in [5.41, 5.74) is 8.43. The topological polar surface area (TPSA) is 64.3 Å². The highest BCUT2D eigenvalue weighted by Crippen LogP contribution is 2.36. The van der Waals surface area contributed by atoms with E-state index in [9.17, 15) is 4.79 Å². The Bertz CT molecular complexity index is 538. The monoisotopic (exact) mass is 288 g/mol. The van der Waals surface area contributed by atoms with E-state index in [-0.39, 0.29) is 23.9 Å². The number of hydrogen-bond acceptors (Lipinski definition) is 3. The lowest BCUT2D eigenvalue weighted by molar-refractivity contribution is -0.123. The number of amides is 1. The van der Waals surface area contributed by atoms with Crippen LogP contribution in [-0.4, -0.2) is 12.5 Å². The minimum Gasteiger partial charge on any atom is -0.493 e. The molecular weight excluding hydrogens is 264 g/mol. The second-order valence-corrected chi connectivity index (χ2v) is 6.54. The Morgan fingerprint density at radius 3 is 2.76 bits per heavy atom. The van der Waals surface area contributed by atoms with Crippen molar-refractivity contribution in [3.05, 3.63) is 29.3 Å². The summed E-state index contributed by atoms with van der Waals surface area (Å²) in [6, 6.07) is 6.20. The predicted molar refractivity (Wildman–Crippen MR) is 81.9 cm³/mol. The molecule has 1 heterocycles. The Kier molecular flexibility index (Phi) is 3.89. The molecule has 0 spiro atoms. The molecule has 0 bridgehead atoms. The first-order valence-electron chi connectivity index (χ1n) is 7.89. The molecule has 21 heavy (non-hydrogen) atoms. The third kappa shape index (κ3) is 3.05. The minimum atomic E-state index is 0.0111. The molecule has 1 saturated carbocycles. The maximum Gasteiger partial charge on any atom is 0.223 e. The maximum atomic E-state index is 12.0. The number of carbonyl (C=O) groups excluding carboxylic acids is 1. The van der Waals surface area contributed by atoms with E-state index in [4.69, 9.17) is 10.5 Å². The van der Waals surface area contributed by atoms with Crippen molar-refractivity contribution in [1.29, 1.82) is 0 Å². The lowest BCUT2D eigenvalue weighted by Crippen LogP contribution is -2.33. The zero-order chi connectivity index (χ0) is 15.0. The standard InChI is InChI=1S/C17H24N2O2/c1-10(2)16(18)12-5-6-15-13(9-12)14(7-8-21-15)19-17(20)11-3-4-11/h5-6,9-11,14,16H,3-4,7-8,18H2,1-2H3,(H,19,20). The molecule has 4 nitrogen and oxygen atoms in total. The number of nitrogens with two attached hydrogens (primary N) is 1. The molecule has 1 aliphatic carbocycles. The van der Waals surface area contributed by atoms with Gasteiger partial charge in [0, 0.05) is 23.9 Å². The Labute approximate surface area is 126 Å². The first kappa shape index (κ1) is 14.4. The van der Waals surface area contributed by atoms with Crippen molar-refractivity contribution in [2.75, 3.05) is 6.61 Å². The Balaban J connectivity index is 1.83. The molecule has 1 fully saturated rings. The quantitative estimate of drug-likeness (QED) is 0.895. The molecule has 0 radical (unpaired) electrons. The van der Waals surface area contributed by atoms with Gasteiger partial charge >= 0.3 is 0 Å². The van der Waals surface area contributed by atoms with Crippen LogP contribution in [-0.2, 0) is 4.79 Å². The van der Waals surface area contributed by atoms with Crippen LogP contribution in [0.2, 0.25) is 0 Å². The van der Waals surface area contributed by atoms with Gasteiger partial charge in [-0.2, -0.15) is 0 Å². The van der Waals surface area contributed by atoms with E-state index >= 15 is 0 Å². The van der Waals surface area contributed by atoms with Gasteiger partial charge in [0.1, 0.15) is 5.75 Å². The van der Waals surface area contributed by atoms with Gasteiger partial charge in [-0.15, -0.1) is 0 Å². The number of ether oxygens (including phenoxy) is 1. The molecular formula is C17H24N2O2. The normalized spacial score (nSPS) is 22.4. The van der Waals surface area contributed by atoms with Crippen molar-refractivity contribution in [3.63, 3.8) is 0 Å². The second kappa shape index (κ2) is 5.68. The number of fused-ring (bicyclic) bond motifs is 1. The van der Waals surface area contributed by atoms with Gasteiger partial charge in [-0.25, -0.2) is 0 Å². The molecule has 1 aromatic rings. The molecule has 1 aromatic carbocycles. The van der Waals surface area contributed by atoms with Crippen LogP contribution < -0.4 is 15.8 Å². The van der Waals surface area contributed by atoms with E-state index in [1.807, 2.05) is 12.1 Å². The second-order valence-electron chi connectivity index (χ2n) is 6.54. The van der Waals surface area contributed by atoms with Crippen LogP contribution >= 0.6 is 0 Å². The van der Waals surface area contributed by atoms with E-state index in [2.05, 4.69) is 25.2 Å². The van der Waals surface area contributed by atoms with Gasteiger partial charge < -0.3 is 15.8 Å². The molecule has 4 heteroatoms. The van der Waals surface area contributed by atoms with Crippen LogP contribution in [0.15, 0.2) is 18.2 Å². The van der Waals surface area contributed by atoms with Crippen molar-refractivity contribution in [2.45, 2.75) is 45.2 Å². The van der Waals surface area contributed by atoms with Crippen molar-refractivity contribution < 1.29 is 9.53 Å². The SMILES string of the molecule is CC(C)C(N)c1ccc2c(c1)C(NC(=O)C1CC1)CCO2. The van der Waals surface area contributed by atoms with E-state index in [1.54, 1.807) is 0 Å². The average Bonchev–Trinajstić information content (AvgIpc) is 3.31. The zero-order valence-electron chi connectivity index (χ0n) is 12.8. The highest BCUT2D eigenvalue weighted by molar-refractivity contribution is 5.81. The van der Waals surface area contributed by atoms with Gasteiger partial charge in [0.15, 0.2) is 0 Å². The predicted octanol–water partition coefficient (Wildman–Crippen LogP) is 2.69. The van der Waals surface area contributed by atoms with Gasteiger partial charge in [-0.3, -0.25) is 4.79 Å². The van der Waals surface area contributed by atoms with Gasteiger partial charge in [-0.05, 0) is 36.5 Å². The first-order valence-corrected chi connectivity index (χ1v) is 7.89. The van der Waals surface area contributed by atoms with Crippen molar-refractivity contribution in [3.8, 4) is 5.75 Å². The van der Waals surface area contributed by atoms with Crippen molar-refractivity contribution in [1.82, 2.24) is 5.32 Å². The largest absolute Gasteiger partial charge is 0.493 e. The number of benzene rings is 1. The molecule has 1 amide bonds. The summed E-state index contributed by atoms with van der Waals surface area (Å²) in [5, 5.41) is 3.17. The zero-order valence-corrected chi connectivity index (χ0v) is 12.8. The van der Waals surface area contributed by atoms with Crippen molar-refractivity contribution in [2.24, 2.45) is 17.6 Å². The Hall–Kier alpha value is -1.55. The van der Waals surface area contributed by atoms with Crippen molar-refractivity contribution >= 4 is 5.91 Å². The fourth-order valence-corrected chi connectivity index (χ4v) is 2.79. The van der Waals surface area contributed by atoms with E-state index in [0.717, 1.165) is 36.1 Å². The van der Waals surface area contributed by atoms with Crippen LogP contribution in [0.5, 0.6) is 5.75 Å². The molecule has 3 N–H and O–H groups in total. The molecule has 0 aromatic heterocycles. The van der Waals surface area contributed by atoms with E-state index in [1.165, 1.54) is 0 Å². The molecule has 0 saturated heterocycles. The average molecular weight is 288 g/mol. The summed E-state index contributed by atoms with van der Waals surface area (Å²) in [6.45, 7) is 4.89. The first-order chi connectivity index (χ1) is 10.1. The lowest BCUT2D eigenvalue weighted by atomic mass is 9.92. The summed E-state index contributed by atoms with van der Waals surface area (Å²) in [5.74, 6) is 1.68. The molecule has 2 aliphatic rings. The number of nitrogens with one attached hydrogen (secondary N) is 1. The molecule has 1 aliphatic heterocycles. The molecule has 2 unspecified atom stereocenters. The number of rotatable bonds is 4. The van der Waals surface area contributed by atoms with Crippen LogP contribution in [0.25, 0.3) is 0 Å². The highest BCUT2D eigenvalue weighted by Gasteiger charge is 2.33. The van der Waals surface area contributed by atoms with E-state index < -0.39 is 0 Å². The Morgan fingerprint density at radius 1 is 1.33 bits per heavy atom. The fourth-order valence-electron chi connectivity index (χ4n) is 2.79. The fraction of sp³-hybridized carbons (Fsp3) is 0.588. The minimum absolute atomic E-state index is 0.0111. The van der Waals surface area contributed by atoms with Gasteiger partial charge in [-0.1, -0.05) is 19.9 Å². The highest BCUT2D eigenvalue weighted by atomic mass is 16.5. The number of hydrogen-bond donors (Lipinski definition) is 2. The van der Waals surface area contributed by atoms with Crippen LogP contribution in [0, 0.1) is 11.8 Å². The van der Waals surface area contributed by atoms with Gasteiger partial charge in [0.2, 0.25) is 5.91 Å². The van der Waals surface area contributed by atoms with Crippen LogP contribution in [0.4, 0.5) is 0 Å². The summed E-state index contributed by atoms with van der Waals surface area (Å²) in [7, 11) is 0. The van der Waals surface area contributed by atoms with E-state index in [0.29, 0.717) is 12.5 Å². The summed E-state index contributed by atoms with van der Waals surface area (Å²) in [4.78, 5) is 12.0. The summed E-state index contributed by atoms with van der Waals surface area (Å²) in [6.07, 6.45) is 2.88. The third-order valence-corrected chi connectivity index (χ3v) is 4.44. The molecule has 114 valence electrons.